The maximum atomic E-state index is 12.3. The van der Waals surface area contributed by atoms with Crippen LogP contribution >= 0.6 is 0 Å². The van der Waals surface area contributed by atoms with E-state index in [9.17, 15) is 4.79 Å². The molecule has 1 aromatic carbocycles. The van der Waals surface area contributed by atoms with Crippen LogP contribution in [-0.4, -0.2) is 45.0 Å². The minimum Gasteiger partial charge on any atom is -0.355 e. The van der Waals surface area contributed by atoms with Crippen molar-refractivity contribution in [1.82, 2.24) is 25.3 Å². The van der Waals surface area contributed by atoms with Crippen LogP contribution in [0.25, 0.3) is 11.3 Å². The van der Waals surface area contributed by atoms with Crippen molar-refractivity contribution in [3.8, 4) is 11.3 Å². The van der Waals surface area contributed by atoms with Crippen molar-refractivity contribution >= 4 is 11.7 Å². The lowest BCUT2D eigenvalue weighted by Crippen LogP contribution is -2.45. The fourth-order valence-electron chi connectivity index (χ4n) is 3.35. The first-order valence-corrected chi connectivity index (χ1v) is 8.85. The Kier molecular flexibility index (Phi) is 4.43. The van der Waals surface area contributed by atoms with E-state index in [1.54, 1.807) is 24.0 Å². The van der Waals surface area contributed by atoms with Gasteiger partial charge in [0.2, 0.25) is 0 Å². The summed E-state index contributed by atoms with van der Waals surface area (Å²) >= 11 is 0. The molecule has 1 fully saturated rings. The van der Waals surface area contributed by atoms with E-state index in [1.807, 2.05) is 18.2 Å². The van der Waals surface area contributed by atoms with Crippen LogP contribution in [0.15, 0.2) is 48.7 Å². The highest BCUT2D eigenvalue weighted by Gasteiger charge is 2.23. The van der Waals surface area contributed by atoms with E-state index < -0.39 is 0 Å². The van der Waals surface area contributed by atoms with Gasteiger partial charge in [-0.25, -0.2) is 0 Å². The van der Waals surface area contributed by atoms with Gasteiger partial charge in [0.05, 0.1) is 5.69 Å². The van der Waals surface area contributed by atoms with Crippen molar-refractivity contribution in [2.24, 2.45) is 7.05 Å². The van der Waals surface area contributed by atoms with Gasteiger partial charge < -0.3 is 10.2 Å². The lowest BCUT2D eigenvalue weighted by atomic mass is 10.0. The quantitative estimate of drug-likeness (QED) is 0.756. The molecule has 1 saturated heterocycles. The molecular formula is C19H22N6O. The number of rotatable bonds is 4. The fraction of sp³-hybridized carbons (Fsp3) is 0.316. The predicted octanol–water partition coefficient (Wildman–Crippen LogP) is 2.21. The predicted molar refractivity (Wildman–Crippen MR) is 99.9 cm³/mol. The number of benzene rings is 1. The highest BCUT2D eigenvalue weighted by molar-refractivity contribution is 5.92. The minimum absolute atomic E-state index is 0.0606. The number of hydrogen-bond acceptors (Lipinski definition) is 4. The summed E-state index contributed by atoms with van der Waals surface area (Å²) in [5, 5.41) is 14.7. The van der Waals surface area contributed by atoms with Crippen LogP contribution in [0.5, 0.6) is 0 Å². The molecule has 1 aliphatic heterocycles. The summed E-state index contributed by atoms with van der Waals surface area (Å²) in [6, 6.07) is 14.2. The Bertz CT molecular complexity index is 876. The molecule has 0 aliphatic carbocycles. The second-order valence-electron chi connectivity index (χ2n) is 6.58. The van der Waals surface area contributed by atoms with Crippen molar-refractivity contribution in [3.63, 3.8) is 0 Å². The Balaban J connectivity index is 1.35. The SMILES string of the molecule is Cn1nccc1C(=O)NC1CCN(c2cc(-c3ccccc3)[nH]n2)CC1. The van der Waals surface area contributed by atoms with E-state index in [0.717, 1.165) is 43.0 Å². The lowest BCUT2D eigenvalue weighted by Gasteiger charge is -2.32. The number of carbonyl (C=O) groups is 1. The van der Waals surface area contributed by atoms with E-state index >= 15 is 0 Å². The average molecular weight is 350 g/mol. The van der Waals surface area contributed by atoms with Crippen LogP contribution in [-0.2, 0) is 7.05 Å². The smallest absolute Gasteiger partial charge is 0.269 e. The average Bonchev–Trinajstić information content (AvgIpc) is 3.32. The number of aromatic nitrogens is 4. The summed E-state index contributed by atoms with van der Waals surface area (Å²) in [7, 11) is 1.78. The van der Waals surface area contributed by atoms with Crippen LogP contribution in [0, 0.1) is 0 Å². The van der Waals surface area contributed by atoms with Gasteiger partial charge >= 0.3 is 0 Å². The Morgan fingerprint density at radius 1 is 1.19 bits per heavy atom. The third kappa shape index (κ3) is 3.33. The first-order chi connectivity index (χ1) is 12.7. The number of hydrogen-bond donors (Lipinski definition) is 2. The van der Waals surface area contributed by atoms with Gasteiger partial charge in [-0.15, -0.1) is 0 Å². The fourth-order valence-corrected chi connectivity index (χ4v) is 3.35. The zero-order valence-corrected chi connectivity index (χ0v) is 14.7. The van der Waals surface area contributed by atoms with Crippen LogP contribution < -0.4 is 10.2 Å². The summed E-state index contributed by atoms with van der Waals surface area (Å²) in [6.45, 7) is 1.74. The number of anilines is 1. The molecule has 0 spiro atoms. The van der Waals surface area contributed by atoms with Gasteiger partial charge in [-0.2, -0.15) is 10.2 Å². The molecule has 1 aliphatic rings. The molecule has 1 amide bonds. The Labute approximate surface area is 152 Å². The topological polar surface area (TPSA) is 78.8 Å². The molecule has 0 saturated carbocycles. The number of piperidine rings is 1. The number of H-pyrrole nitrogens is 1. The van der Waals surface area contributed by atoms with Crippen LogP contribution in [0.3, 0.4) is 0 Å². The number of nitrogens with one attached hydrogen (secondary N) is 2. The molecule has 7 heteroatoms. The van der Waals surface area contributed by atoms with Crippen molar-refractivity contribution in [2.45, 2.75) is 18.9 Å². The van der Waals surface area contributed by atoms with Gasteiger partial charge in [0.15, 0.2) is 5.82 Å². The van der Waals surface area contributed by atoms with Gasteiger partial charge in [0.1, 0.15) is 5.69 Å². The first kappa shape index (κ1) is 16.4. The number of nitrogens with zero attached hydrogens (tertiary/aromatic N) is 4. The largest absolute Gasteiger partial charge is 0.355 e. The van der Waals surface area contributed by atoms with Crippen molar-refractivity contribution in [1.29, 1.82) is 0 Å². The molecule has 0 bridgehead atoms. The third-order valence-electron chi connectivity index (χ3n) is 4.86. The molecule has 3 aromatic rings. The van der Waals surface area contributed by atoms with Crippen molar-refractivity contribution in [3.05, 3.63) is 54.4 Å². The summed E-state index contributed by atoms with van der Waals surface area (Å²) in [6.07, 6.45) is 3.44. The van der Waals surface area contributed by atoms with Gasteiger partial charge in [-0.1, -0.05) is 30.3 Å². The molecule has 134 valence electrons. The van der Waals surface area contributed by atoms with Crippen LogP contribution in [0.4, 0.5) is 5.82 Å². The maximum Gasteiger partial charge on any atom is 0.269 e. The van der Waals surface area contributed by atoms with E-state index in [1.165, 1.54) is 0 Å². The monoisotopic (exact) mass is 350 g/mol. The van der Waals surface area contributed by atoms with Crippen LogP contribution in [0.1, 0.15) is 23.3 Å². The van der Waals surface area contributed by atoms with Gasteiger partial charge in [0, 0.05) is 38.4 Å². The Hall–Kier alpha value is -3.09. The van der Waals surface area contributed by atoms with Gasteiger partial charge in [-0.05, 0) is 24.5 Å². The standard InChI is InChI=1S/C19H22N6O/c1-24-17(7-10-20-24)19(26)21-15-8-11-25(12-9-15)18-13-16(22-23-18)14-5-3-2-4-6-14/h2-7,10,13,15H,8-9,11-12H2,1H3,(H,21,26)(H,22,23). The molecule has 2 aromatic heterocycles. The number of amides is 1. The molecule has 3 heterocycles. The second-order valence-corrected chi connectivity index (χ2v) is 6.58. The second kappa shape index (κ2) is 7.03. The van der Waals surface area contributed by atoms with Gasteiger partial charge in [0.25, 0.3) is 5.91 Å². The summed E-state index contributed by atoms with van der Waals surface area (Å²) in [5.74, 6) is 0.898. The molecule has 7 nitrogen and oxygen atoms in total. The normalized spacial score (nSPS) is 15.2. The summed E-state index contributed by atoms with van der Waals surface area (Å²) < 4.78 is 1.60. The Morgan fingerprint density at radius 3 is 2.65 bits per heavy atom. The maximum absolute atomic E-state index is 12.3. The molecular weight excluding hydrogens is 328 g/mol. The summed E-state index contributed by atoms with van der Waals surface area (Å²) in [5.41, 5.74) is 2.74. The highest BCUT2D eigenvalue weighted by atomic mass is 16.2. The molecule has 4 rings (SSSR count). The van der Waals surface area contributed by atoms with E-state index in [4.69, 9.17) is 0 Å². The van der Waals surface area contributed by atoms with E-state index in [-0.39, 0.29) is 11.9 Å². The number of aryl methyl sites for hydroxylation is 1. The zero-order chi connectivity index (χ0) is 17.9. The highest BCUT2D eigenvalue weighted by Crippen LogP contribution is 2.24. The van der Waals surface area contributed by atoms with Gasteiger partial charge in [-0.3, -0.25) is 14.6 Å². The number of aromatic amines is 1. The van der Waals surface area contributed by atoms with Crippen molar-refractivity contribution < 1.29 is 4.79 Å². The first-order valence-electron chi connectivity index (χ1n) is 8.85. The molecule has 26 heavy (non-hydrogen) atoms. The van der Waals surface area contributed by atoms with E-state index in [0.29, 0.717) is 5.69 Å². The van der Waals surface area contributed by atoms with E-state index in [2.05, 4.69) is 43.7 Å². The molecule has 0 radical (unpaired) electrons. The summed E-state index contributed by atoms with van der Waals surface area (Å²) in [4.78, 5) is 14.6. The third-order valence-corrected chi connectivity index (χ3v) is 4.86. The lowest BCUT2D eigenvalue weighted by molar-refractivity contribution is 0.0921. The molecule has 0 atom stereocenters. The Morgan fingerprint density at radius 2 is 1.96 bits per heavy atom. The molecule has 0 unspecified atom stereocenters. The molecule has 2 N–H and O–H groups in total. The zero-order valence-electron chi connectivity index (χ0n) is 14.7. The van der Waals surface area contributed by atoms with Crippen molar-refractivity contribution in [2.75, 3.05) is 18.0 Å². The minimum atomic E-state index is -0.0606. The number of carbonyl (C=O) groups excluding carboxylic acids is 1. The van der Waals surface area contributed by atoms with Crippen LogP contribution in [0.2, 0.25) is 0 Å².